The van der Waals surface area contributed by atoms with Crippen LogP contribution in [0.5, 0.6) is 11.5 Å². The summed E-state index contributed by atoms with van der Waals surface area (Å²) in [6, 6.07) is 8.05. The fourth-order valence-electron chi connectivity index (χ4n) is 4.35. The zero-order valence-electron chi connectivity index (χ0n) is 19.5. The molecule has 0 radical (unpaired) electrons. The number of ether oxygens (including phenoxy) is 2. The Morgan fingerprint density at radius 3 is 2.59 bits per heavy atom. The Labute approximate surface area is 197 Å². The summed E-state index contributed by atoms with van der Waals surface area (Å²) in [6.07, 6.45) is 0.806. The lowest BCUT2D eigenvalue weighted by Crippen LogP contribution is -2.48. The molecule has 1 unspecified atom stereocenters. The van der Waals surface area contributed by atoms with Gasteiger partial charge in [-0.15, -0.1) is 0 Å². The molecular weight excluding hydrogens is 440 g/mol. The first-order chi connectivity index (χ1) is 16.3. The van der Waals surface area contributed by atoms with Crippen LogP contribution in [0.3, 0.4) is 0 Å². The number of nitro benzene ring substituents is 1. The van der Waals surface area contributed by atoms with Crippen molar-refractivity contribution in [2.75, 3.05) is 43.0 Å². The fraction of sp³-hybridized carbons (Fsp3) is 0.417. The number of carbonyl (C=O) groups is 2. The van der Waals surface area contributed by atoms with E-state index in [1.807, 2.05) is 24.8 Å². The molecule has 0 aliphatic carbocycles. The van der Waals surface area contributed by atoms with Crippen molar-refractivity contribution in [3.8, 4) is 11.5 Å². The van der Waals surface area contributed by atoms with Crippen LogP contribution in [0.1, 0.15) is 36.7 Å². The predicted molar refractivity (Wildman–Crippen MR) is 127 cm³/mol. The molecule has 34 heavy (non-hydrogen) atoms. The second-order valence-electron chi connectivity index (χ2n) is 8.43. The van der Waals surface area contributed by atoms with E-state index in [-0.39, 0.29) is 23.3 Å². The van der Waals surface area contributed by atoms with Crippen LogP contribution < -0.4 is 19.7 Å². The van der Waals surface area contributed by atoms with Crippen molar-refractivity contribution in [2.24, 2.45) is 0 Å². The number of hydrogen-bond donors (Lipinski definition) is 1. The molecule has 0 saturated carbocycles. The minimum Gasteiger partial charge on any atom is -0.492 e. The maximum atomic E-state index is 13.0. The van der Waals surface area contributed by atoms with Gasteiger partial charge in [0.1, 0.15) is 23.3 Å². The monoisotopic (exact) mass is 468 g/mol. The fourth-order valence-corrected chi connectivity index (χ4v) is 4.35. The topological polar surface area (TPSA) is 114 Å². The molecular formula is C24H28N4O6. The van der Waals surface area contributed by atoms with E-state index in [0.29, 0.717) is 55.7 Å². The first kappa shape index (κ1) is 23.3. The lowest BCUT2D eigenvalue weighted by atomic mass is 10.1. The Morgan fingerprint density at radius 2 is 1.94 bits per heavy atom. The largest absolute Gasteiger partial charge is 0.492 e. The number of anilines is 2. The van der Waals surface area contributed by atoms with E-state index in [1.54, 1.807) is 23.1 Å². The lowest BCUT2D eigenvalue weighted by Gasteiger charge is -2.35. The zero-order valence-corrected chi connectivity index (χ0v) is 19.5. The van der Waals surface area contributed by atoms with Crippen molar-refractivity contribution >= 4 is 28.9 Å². The third-order valence-corrected chi connectivity index (χ3v) is 6.05. The van der Waals surface area contributed by atoms with E-state index in [9.17, 15) is 19.7 Å². The highest BCUT2D eigenvalue weighted by atomic mass is 16.6. The van der Waals surface area contributed by atoms with Crippen molar-refractivity contribution in [1.82, 2.24) is 4.90 Å². The van der Waals surface area contributed by atoms with Crippen LogP contribution in [0.4, 0.5) is 17.1 Å². The molecule has 2 aromatic carbocycles. The number of nitro groups is 1. The summed E-state index contributed by atoms with van der Waals surface area (Å²) in [5.41, 5.74) is 1.90. The molecule has 0 aromatic heterocycles. The number of piperazine rings is 1. The first-order valence-corrected chi connectivity index (χ1v) is 11.3. The minimum absolute atomic E-state index is 0.0148. The molecule has 1 fully saturated rings. The highest BCUT2D eigenvalue weighted by Gasteiger charge is 2.27. The molecule has 2 aliphatic heterocycles. The number of nitrogens with one attached hydrogen (secondary N) is 1. The minimum atomic E-state index is -0.486. The van der Waals surface area contributed by atoms with Crippen molar-refractivity contribution in [3.05, 3.63) is 51.6 Å². The van der Waals surface area contributed by atoms with Gasteiger partial charge in [-0.3, -0.25) is 19.7 Å². The second kappa shape index (κ2) is 9.58. The number of hydrogen-bond acceptors (Lipinski definition) is 7. The quantitative estimate of drug-likeness (QED) is 0.511. The van der Waals surface area contributed by atoms with Crippen LogP contribution >= 0.6 is 0 Å². The van der Waals surface area contributed by atoms with Crippen LogP contribution in [0.2, 0.25) is 0 Å². The van der Waals surface area contributed by atoms with E-state index in [4.69, 9.17) is 9.47 Å². The molecule has 0 bridgehead atoms. The zero-order chi connectivity index (χ0) is 24.4. The Hall–Kier alpha value is -3.82. The molecule has 2 heterocycles. The molecule has 10 nitrogen and oxygen atoms in total. The highest BCUT2D eigenvalue weighted by Crippen LogP contribution is 2.38. The molecule has 0 spiro atoms. The summed E-state index contributed by atoms with van der Waals surface area (Å²) >= 11 is 0. The third kappa shape index (κ3) is 4.75. The van der Waals surface area contributed by atoms with E-state index in [1.165, 1.54) is 13.0 Å². The van der Waals surface area contributed by atoms with Crippen molar-refractivity contribution in [3.63, 3.8) is 0 Å². The Morgan fingerprint density at radius 1 is 1.21 bits per heavy atom. The number of benzene rings is 2. The van der Waals surface area contributed by atoms with Crippen LogP contribution in [-0.2, 0) is 11.2 Å². The van der Waals surface area contributed by atoms with Gasteiger partial charge in [-0.05, 0) is 32.0 Å². The summed E-state index contributed by atoms with van der Waals surface area (Å²) in [5, 5.41) is 14.6. The van der Waals surface area contributed by atoms with Gasteiger partial charge in [-0.2, -0.15) is 0 Å². The molecule has 1 N–H and O–H groups in total. The smallest absolute Gasteiger partial charge is 0.293 e. The molecule has 4 rings (SSSR count). The summed E-state index contributed by atoms with van der Waals surface area (Å²) in [4.78, 5) is 39.5. The second-order valence-corrected chi connectivity index (χ2v) is 8.43. The molecule has 2 amide bonds. The Kier molecular flexibility index (Phi) is 6.58. The summed E-state index contributed by atoms with van der Waals surface area (Å²) in [6.45, 7) is 7.72. The third-order valence-electron chi connectivity index (χ3n) is 6.05. The van der Waals surface area contributed by atoms with Crippen LogP contribution in [0.25, 0.3) is 0 Å². The molecule has 1 atom stereocenters. The van der Waals surface area contributed by atoms with Crippen molar-refractivity contribution in [1.29, 1.82) is 0 Å². The SMILES string of the molecule is CCOc1cc2c(cc1NC(=O)c1ccc(N3CCN(C(C)=O)CC3)c([N+](=O)[O-])c1)OC(C)C2. The highest BCUT2D eigenvalue weighted by molar-refractivity contribution is 6.06. The van der Waals surface area contributed by atoms with Gasteiger partial charge in [-0.1, -0.05) is 0 Å². The maximum Gasteiger partial charge on any atom is 0.293 e. The van der Waals surface area contributed by atoms with Gasteiger partial charge < -0.3 is 24.6 Å². The number of carbonyl (C=O) groups excluding carboxylic acids is 2. The van der Waals surface area contributed by atoms with Crippen LogP contribution in [0, 0.1) is 10.1 Å². The van der Waals surface area contributed by atoms with Crippen molar-refractivity contribution in [2.45, 2.75) is 33.3 Å². The van der Waals surface area contributed by atoms with Crippen LogP contribution in [-0.4, -0.2) is 60.5 Å². The molecule has 1 saturated heterocycles. The summed E-state index contributed by atoms with van der Waals surface area (Å²) < 4.78 is 11.5. The number of amides is 2. The standard InChI is InChI=1S/C24H28N4O6/c1-4-33-23-13-18-11-15(2)34-22(18)14-19(23)25-24(30)17-5-6-20(21(12-17)28(31)32)27-9-7-26(8-10-27)16(3)29/h5-6,12-15H,4,7-11H2,1-3H3,(H,25,30). The van der Waals surface area contributed by atoms with Gasteiger partial charge in [0.2, 0.25) is 5.91 Å². The van der Waals surface area contributed by atoms with Gasteiger partial charge >= 0.3 is 0 Å². The van der Waals surface area contributed by atoms with Gasteiger partial charge in [0.15, 0.2) is 0 Å². The molecule has 10 heteroatoms. The predicted octanol–water partition coefficient (Wildman–Crippen LogP) is 3.24. The summed E-state index contributed by atoms with van der Waals surface area (Å²) in [7, 11) is 0. The van der Waals surface area contributed by atoms with Gasteiger partial charge in [0, 0.05) is 62.8 Å². The number of rotatable bonds is 6. The number of fused-ring (bicyclic) bond motifs is 1. The molecule has 2 aromatic rings. The molecule has 2 aliphatic rings. The average molecular weight is 469 g/mol. The first-order valence-electron chi connectivity index (χ1n) is 11.3. The van der Waals surface area contributed by atoms with E-state index in [2.05, 4.69) is 5.32 Å². The van der Waals surface area contributed by atoms with Gasteiger partial charge in [0.05, 0.1) is 17.2 Å². The number of nitrogens with zero attached hydrogens (tertiary/aromatic N) is 3. The van der Waals surface area contributed by atoms with E-state index < -0.39 is 10.8 Å². The van der Waals surface area contributed by atoms with Gasteiger partial charge in [-0.25, -0.2) is 0 Å². The molecule has 180 valence electrons. The summed E-state index contributed by atoms with van der Waals surface area (Å²) in [5.74, 6) is 0.723. The Balaban J connectivity index is 1.57. The Bertz CT molecular complexity index is 1130. The van der Waals surface area contributed by atoms with Crippen LogP contribution in [0.15, 0.2) is 30.3 Å². The normalized spacial score (nSPS) is 17.1. The lowest BCUT2D eigenvalue weighted by molar-refractivity contribution is -0.384. The van der Waals surface area contributed by atoms with Gasteiger partial charge in [0.25, 0.3) is 11.6 Å². The average Bonchev–Trinajstić information content (AvgIpc) is 3.17. The van der Waals surface area contributed by atoms with Crippen molar-refractivity contribution < 1.29 is 24.0 Å². The maximum absolute atomic E-state index is 13.0. The van der Waals surface area contributed by atoms with E-state index in [0.717, 1.165) is 12.0 Å². The van der Waals surface area contributed by atoms with E-state index >= 15 is 0 Å².